The van der Waals surface area contributed by atoms with Gasteiger partial charge in [0.15, 0.2) is 0 Å². The number of hydrogen-bond donors (Lipinski definition) is 1. The highest BCUT2D eigenvalue weighted by Gasteiger charge is 2.63. The standard InChI is InChI=1S/C24H22ClN5O5/c1-12-18(5-4-13(10-26)20(12)25)30-22(31)21-19-8-15(29(21)24(30)33)11-28(19)23(32)27-14-6-16(34-2)9-17(7-14)35-3/h4-7,9,15,19,21H,8,11H2,1-3H3,(H,27,32). The van der Waals surface area contributed by atoms with Crippen LogP contribution in [-0.4, -0.2) is 66.7 Å². The first kappa shape index (κ1) is 22.8. The molecule has 0 spiro atoms. The van der Waals surface area contributed by atoms with E-state index in [2.05, 4.69) is 5.32 Å². The molecular formula is C24H22ClN5O5. The van der Waals surface area contributed by atoms with E-state index in [1.165, 1.54) is 20.3 Å². The minimum atomic E-state index is -0.777. The summed E-state index contributed by atoms with van der Waals surface area (Å²) in [6, 6.07) is 7.77. The Kier molecular flexibility index (Phi) is 5.44. The molecule has 3 aliphatic heterocycles. The van der Waals surface area contributed by atoms with Crippen LogP contribution in [0.1, 0.15) is 17.5 Å². The number of methoxy groups -OCH3 is 2. The van der Waals surface area contributed by atoms with Crippen molar-refractivity contribution in [2.24, 2.45) is 0 Å². The van der Waals surface area contributed by atoms with Crippen LogP contribution in [0.25, 0.3) is 0 Å². The van der Waals surface area contributed by atoms with Gasteiger partial charge in [0.1, 0.15) is 23.6 Å². The molecule has 11 heteroatoms. The third-order valence-electron chi connectivity index (χ3n) is 6.85. The summed E-state index contributed by atoms with van der Waals surface area (Å²) < 4.78 is 10.5. The first-order valence-electron chi connectivity index (χ1n) is 10.9. The monoisotopic (exact) mass is 495 g/mol. The number of benzene rings is 2. The third-order valence-corrected chi connectivity index (χ3v) is 7.33. The lowest BCUT2D eigenvalue weighted by Gasteiger charge is -2.34. The fourth-order valence-electron chi connectivity index (χ4n) is 5.19. The summed E-state index contributed by atoms with van der Waals surface area (Å²) in [6.45, 7) is 1.98. The molecule has 5 rings (SSSR count). The molecule has 0 aliphatic carbocycles. The van der Waals surface area contributed by atoms with Gasteiger partial charge < -0.3 is 24.6 Å². The van der Waals surface area contributed by atoms with Crippen molar-refractivity contribution >= 4 is 40.9 Å². The molecule has 2 aromatic rings. The molecule has 3 atom stereocenters. The van der Waals surface area contributed by atoms with E-state index in [-0.39, 0.29) is 22.7 Å². The van der Waals surface area contributed by atoms with Crippen LogP contribution in [-0.2, 0) is 4.79 Å². The number of halogens is 1. The number of urea groups is 2. The number of rotatable bonds is 4. The van der Waals surface area contributed by atoms with Gasteiger partial charge in [-0.05, 0) is 31.0 Å². The van der Waals surface area contributed by atoms with Crippen molar-refractivity contribution in [3.63, 3.8) is 0 Å². The van der Waals surface area contributed by atoms with Crippen molar-refractivity contribution in [3.05, 3.63) is 46.5 Å². The lowest BCUT2D eigenvalue weighted by Crippen LogP contribution is -2.55. The van der Waals surface area contributed by atoms with Crippen LogP contribution in [0.3, 0.4) is 0 Å². The predicted octanol–water partition coefficient (Wildman–Crippen LogP) is 3.36. The number of carbonyl (C=O) groups excluding carboxylic acids is 3. The Balaban J connectivity index is 1.39. The van der Waals surface area contributed by atoms with Crippen LogP contribution in [0.5, 0.6) is 11.5 Å². The van der Waals surface area contributed by atoms with Crippen LogP contribution >= 0.6 is 11.6 Å². The second kappa shape index (κ2) is 8.36. The molecule has 10 nitrogen and oxygen atoms in total. The van der Waals surface area contributed by atoms with E-state index in [9.17, 15) is 19.6 Å². The highest BCUT2D eigenvalue weighted by atomic mass is 35.5. The zero-order chi connectivity index (χ0) is 25.0. The van der Waals surface area contributed by atoms with Crippen LogP contribution in [0.2, 0.25) is 5.02 Å². The van der Waals surface area contributed by atoms with E-state index in [1.54, 1.807) is 41.0 Å². The van der Waals surface area contributed by atoms with Gasteiger partial charge in [0, 0.05) is 30.4 Å². The molecule has 3 unspecified atom stereocenters. The lowest BCUT2D eigenvalue weighted by molar-refractivity contribution is -0.120. The van der Waals surface area contributed by atoms with Gasteiger partial charge in [-0.3, -0.25) is 4.79 Å². The smallest absolute Gasteiger partial charge is 0.332 e. The fraction of sp³-hybridized carbons (Fsp3) is 0.333. The van der Waals surface area contributed by atoms with Crippen LogP contribution in [0.4, 0.5) is 21.0 Å². The Labute approximate surface area is 206 Å². The second-order valence-electron chi connectivity index (χ2n) is 8.63. The summed E-state index contributed by atoms with van der Waals surface area (Å²) in [5.41, 5.74) is 1.58. The van der Waals surface area contributed by atoms with Gasteiger partial charge in [-0.25, -0.2) is 14.5 Å². The molecule has 3 heterocycles. The Morgan fingerprint density at radius 1 is 1.17 bits per heavy atom. The predicted molar refractivity (Wildman–Crippen MR) is 127 cm³/mol. The van der Waals surface area contributed by atoms with Gasteiger partial charge in [0.05, 0.1) is 42.6 Å². The summed E-state index contributed by atoms with van der Waals surface area (Å²) in [7, 11) is 3.04. The van der Waals surface area contributed by atoms with Crippen molar-refractivity contribution in [1.29, 1.82) is 5.26 Å². The molecule has 35 heavy (non-hydrogen) atoms. The number of hydrogen-bond acceptors (Lipinski definition) is 6. The first-order valence-corrected chi connectivity index (χ1v) is 11.3. The maximum Gasteiger partial charge on any atom is 0.332 e. The van der Waals surface area contributed by atoms with Gasteiger partial charge in [-0.2, -0.15) is 5.26 Å². The summed E-state index contributed by atoms with van der Waals surface area (Å²) in [6.07, 6.45) is 0.526. The van der Waals surface area contributed by atoms with Crippen LogP contribution < -0.4 is 19.7 Å². The number of fused-ring (bicyclic) bond motifs is 5. The summed E-state index contributed by atoms with van der Waals surface area (Å²) >= 11 is 6.28. The Hall–Kier alpha value is -3.97. The van der Waals surface area contributed by atoms with Crippen molar-refractivity contribution < 1.29 is 23.9 Å². The third kappa shape index (κ3) is 3.42. The number of carbonyl (C=O) groups is 3. The molecule has 3 fully saturated rings. The van der Waals surface area contributed by atoms with Gasteiger partial charge >= 0.3 is 12.1 Å². The molecule has 3 saturated heterocycles. The Morgan fingerprint density at radius 3 is 2.49 bits per heavy atom. The normalized spacial score (nSPS) is 22.4. The Bertz CT molecular complexity index is 1290. The van der Waals surface area contributed by atoms with Crippen molar-refractivity contribution in [2.45, 2.75) is 31.5 Å². The second-order valence-corrected chi connectivity index (χ2v) is 9.01. The van der Waals surface area contributed by atoms with Gasteiger partial charge in [0.2, 0.25) is 0 Å². The molecule has 0 radical (unpaired) electrons. The largest absolute Gasteiger partial charge is 0.497 e. The zero-order valence-corrected chi connectivity index (χ0v) is 20.0. The topological polar surface area (TPSA) is 115 Å². The van der Waals surface area contributed by atoms with Crippen LogP contribution in [0.15, 0.2) is 30.3 Å². The van der Waals surface area contributed by atoms with E-state index in [0.29, 0.717) is 41.4 Å². The summed E-state index contributed by atoms with van der Waals surface area (Å²) in [5.74, 6) is 0.641. The van der Waals surface area contributed by atoms with Crippen molar-refractivity contribution in [2.75, 3.05) is 31.0 Å². The number of piperazine rings is 1. The summed E-state index contributed by atoms with van der Waals surface area (Å²) in [4.78, 5) is 44.2. The molecular weight excluding hydrogens is 474 g/mol. The molecule has 180 valence electrons. The maximum absolute atomic E-state index is 13.5. The maximum atomic E-state index is 13.5. The molecule has 5 amide bonds. The summed E-state index contributed by atoms with van der Waals surface area (Å²) in [5, 5.41) is 12.3. The number of nitrogens with zero attached hydrogens (tertiary/aromatic N) is 4. The van der Waals surface area contributed by atoms with Crippen molar-refractivity contribution in [3.8, 4) is 17.6 Å². The van der Waals surface area contributed by atoms with E-state index < -0.39 is 24.0 Å². The number of anilines is 2. The fourth-order valence-corrected chi connectivity index (χ4v) is 5.39. The number of amides is 5. The minimum absolute atomic E-state index is 0.204. The quantitative estimate of drug-likeness (QED) is 0.650. The van der Waals surface area contributed by atoms with E-state index >= 15 is 0 Å². The van der Waals surface area contributed by atoms with Crippen LogP contribution in [0, 0.1) is 18.3 Å². The molecule has 0 saturated carbocycles. The first-order chi connectivity index (χ1) is 16.8. The number of nitriles is 1. The molecule has 3 aliphatic rings. The molecule has 2 aromatic carbocycles. The van der Waals surface area contributed by atoms with Crippen molar-refractivity contribution in [1.82, 2.24) is 9.80 Å². The van der Waals surface area contributed by atoms with E-state index in [1.807, 2.05) is 6.07 Å². The highest BCUT2D eigenvalue weighted by molar-refractivity contribution is 6.33. The zero-order valence-electron chi connectivity index (χ0n) is 19.2. The highest BCUT2D eigenvalue weighted by Crippen LogP contribution is 2.44. The van der Waals surface area contributed by atoms with E-state index in [0.717, 1.165) is 4.90 Å². The number of imide groups is 1. The van der Waals surface area contributed by atoms with Gasteiger partial charge in [-0.15, -0.1) is 0 Å². The SMILES string of the molecule is COc1cc(NC(=O)N2CC3CC2C2C(=O)N(c4ccc(C#N)c(Cl)c4C)C(=O)N32)cc(OC)c1. The number of likely N-dealkylation sites (tertiary alicyclic amines) is 1. The van der Waals surface area contributed by atoms with Gasteiger partial charge in [-0.1, -0.05) is 11.6 Å². The van der Waals surface area contributed by atoms with E-state index in [4.69, 9.17) is 21.1 Å². The molecule has 1 N–H and O–H groups in total. The Morgan fingerprint density at radius 2 is 1.86 bits per heavy atom. The average Bonchev–Trinajstić information content (AvgIpc) is 3.52. The van der Waals surface area contributed by atoms with Gasteiger partial charge in [0.25, 0.3) is 5.91 Å². The minimum Gasteiger partial charge on any atom is -0.497 e. The number of nitrogens with one attached hydrogen (secondary N) is 1. The lowest BCUT2D eigenvalue weighted by atomic mass is 10.1. The molecule has 0 aromatic heterocycles. The average molecular weight is 496 g/mol. The number of ether oxygens (including phenoxy) is 2. The molecule has 2 bridgehead atoms.